The highest BCUT2D eigenvalue weighted by Crippen LogP contribution is 2.37. The smallest absolute Gasteiger partial charge is 0.141 e. The van der Waals surface area contributed by atoms with Crippen LogP contribution in [0.15, 0.2) is 54.6 Å². The molecule has 0 unspecified atom stereocenters. The summed E-state index contributed by atoms with van der Waals surface area (Å²) < 4.78 is 26.0. The fourth-order valence-electron chi connectivity index (χ4n) is 3.73. The topological polar surface area (TPSA) is 23.8 Å². The normalized spacial score (nSPS) is 20.2. The van der Waals surface area contributed by atoms with Gasteiger partial charge in [-0.25, -0.2) is 4.39 Å². The number of halogens is 2. The molecular formula is C23H23F2N. The molecule has 0 bridgehead atoms. The maximum Gasteiger partial charge on any atom is 0.141 e. The van der Waals surface area contributed by atoms with Gasteiger partial charge in [-0.3, -0.25) is 4.39 Å². The Morgan fingerprint density at radius 3 is 2.31 bits per heavy atom. The van der Waals surface area contributed by atoms with Gasteiger partial charge in [-0.2, -0.15) is 5.26 Å². The lowest BCUT2D eigenvalue weighted by Crippen LogP contribution is -2.11. The molecular weight excluding hydrogens is 328 g/mol. The molecule has 0 atom stereocenters. The summed E-state index contributed by atoms with van der Waals surface area (Å²) in [6.07, 6.45) is 9.27. The van der Waals surface area contributed by atoms with Crippen LogP contribution in [-0.4, -0.2) is 6.67 Å². The highest BCUT2D eigenvalue weighted by Gasteiger charge is 2.20. The van der Waals surface area contributed by atoms with Crippen molar-refractivity contribution in [3.05, 3.63) is 71.6 Å². The molecule has 134 valence electrons. The van der Waals surface area contributed by atoms with Gasteiger partial charge in [0.1, 0.15) is 11.9 Å². The zero-order chi connectivity index (χ0) is 18.4. The Morgan fingerprint density at radius 2 is 1.69 bits per heavy atom. The quantitative estimate of drug-likeness (QED) is 0.560. The van der Waals surface area contributed by atoms with Crippen LogP contribution in [0.3, 0.4) is 0 Å². The van der Waals surface area contributed by atoms with Crippen LogP contribution in [0.25, 0.3) is 11.1 Å². The van der Waals surface area contributed by atoms with Crippen LogP contribution >= 0.6 is 0 Å². The lowest BCUT2D eigenvalue weighted by atomic mass is 9.78. The standard InChI is InChI=1S/C23H23F2N/c24-14-2-1-3-17-4-6-18(7-5-17)19-8-10-20(11-9-19)21-12-13-22(16-26)23(25)15-21/h1,3,8-13,15,17-18H,2,4-7,14H2/b3-1+/t17-,18-. The van der Waals surface area contributed by atoms with Crippen molar-refractivity contribution in [2.24, 2.45) is 5.92 Å². The highest BCUT2D eigenvalue weighted by atomic mass is 19.1. The minimum absolute atomic E-state index is 0.0719. The number of hydrogen-bond donors (Lipinski definition) is 0. The SMILES string of the molecule is N#Cc1ccc(-c2ccc([C@H]3CC[C@H](/C=C/CCF)CC3)cc2)cc1F. The van der Waals surface area contributed by atoms with Crippen molar-refractivity contribution < 1.29 is 8.78 Å². The Hall–Kier alpha value is -2.47. The van der Waals surface area contributed by atoms with Crippen LogP contribution in [-0.2, 0) is 0 Å². The number of allylic oxidation sites excluding steroid dienone is 2. The molecule has 0 aromatic heterocycles. The summed E-state index contributed by atoms with van der Waals surface area (Å²) >= 11 is 0. The largest absolute Gasteiger partial charge is 0.251 e. The van der Waals surface area contributed by atoms with Crippen LogP contribution in [0.1, 0.15) is 49.1 Å². The second kappa shape index (κ2) is 8.76. The Bertz CT molecular complexity index is 794. The van der Waals surface area contributed by atoms with Gasteiger partial charge in [-0.1, -0.05) is 42.5 Å². The number of rotatable bonds is 5. The first-order valence-corrected chi connectivity index (χ1v) is 9.24. The van der Waals surface area contributed by atoms with Crippen molar-refractivity contribution in [1.82, 2.24) is 0 Å². The molecule has 1 fully saturated rings. The van der Waals surface area contributed by atoms with Crippen molar-refractivity contribution in [3.8, 4) is 17.2 Å². The predicted octanol–water partition coefficient (Wildman–Crippen LogP) is 6.55. The molecule has 1 nitrogen and oxygen atoms in total. The predicted molar refractivity (Wildman–Crippen MR) is 101 cm³/mol. The average molecular weight is 351 g/mol. The summed E-state index contributed by atoms with van der Waals surface area (Å²) in [4.78, 5) is 0. The van der Waals surface area contributed by atoms with Crippen molar-refractivity contribution in [1.29, 1.82) is 5.26 Å². The van der Waals surface area contributed by atoms with Crippen LogP contribution in [0, 0.1) is 23.1 Å². The van der Waals surface area contributed by atoms with Gasteiger partial charge in [0.15, 0.2) is 0 Å². The third-order valence-electron chi connectivity index (χ3n) is 5.26. The molecule has 3 rings (SSSR count). The van der Waals surface area contributed by atoms with Crippen LogP contribution in [0.5, 0.6) is 0 Å². The average Bonchev–Trinajstić information content (AvgIpc) is 2.69. The highest BCUT2D eigenvalue weighted by molar-refractivity contribution is 5.64. The molecule has 0 N–H and O–H groups in total. The van der Waals surface area contributed by atoms with Gasteiger partial charge in [0.05, 0.1) is 12.2 Å². The molecule has 26 heavy (non-hydrogen) atoms. The summed E-state index contributed by atoms with van der Waals surface area (Å²) in [5.74, 6) is 0.666. The third-order valence-corrected chi connectivity index (χ3v) is 5.26. The number of alkyl halides is 1. The van der Waals surface area contributed by atoms with Crippen molar-refractivity contribution in [2.45, 2.75) is 38.0 Å². The second-order valence-corrected chi connectivity index (χ2v) is 6.95. The molecule has 0 spiro atoms. The summed E-state index contributed by atoms with van der Waals surface area (Å²) in [6, 6.07) is 14.9. The molecule has 3 heteroatoms. The van der Waals surface area contributed by atoms with Gasteiger partial charge in [0.2, 0.25) is 0 Å². The fourth-order valence-corrected chi connectivity index (χ4v) is 3.73. The van der Waals surface area contributed by atoms with Gasteiger partial charge in [-0.15, -0.1) is 0 Å². The molecule has 0 aliphatic heterocycles. The number of nitriles is 1. The van der Waals surface area contributed by atoms with E-state index in [-0.39, 0.29) is 12.2 Å². The number of hydrogen-bond acceptors (Lipinski definition) is 1. The summed E-state index contributed by atoms with van der Waals surface area (Å²) in [7, 11) is 0. The van der Waals surface area contributed by atoms with Gasteiger partial charge < -0.3 is 0 Å². The first kappa shape index (κ1) is 18.3. The van der Waals surface area contributed by atoms with Crippen LogP contribution in [0.2, 0.25) is 0 Å². The molecule has 0 saturated heterocycles. The van der Waals surface area contributed by atoms with Crippen molar-refractivity contribution in [2.75, 3.05) is 6.67 Å². The number of benzene rings is 2. The molecule has 1 aliphatic carbocycles. The molecule has 2 aromatic rings. The zero-order valence-corrected chi connectivity index (χ0v) is 14.8. The minimum Gasteiger partial charge on any atom is -0.251 e. The number of nitrogens with zero attached hydrogens (tertiary/aromatic N) is 1. The Kier molecular flexibility index (Phi) is 6.17. The van der Waals surface area contributed by atoms with E-state index in [1.807, 2.05) is 24.3 Å². The Labute approximate surface area is 154 Å². The van der Waals surface area contributed by atoms with Gasteiger partial charge in [0.25, 0.3) is 0 Å². The maximum atomic E-state index is 13.8. The Morgan fingerprint density at radius 1 is 1.00 bits per heavy atom. The molecule has 0 heterocycles. The van der Waals surface area contributed by atoms with E-state index in [1.54, 1.807) is 6.07 Å². The first-order chi connectivity index (χ1) is 12.7. The molecule has 1 aliphatic rings. The van der Waals surface area contributed by atoms with Crippen LogP contribution < -0.4 is 0 Å². The van der Waals surface area contributed by atoms with E-state index < -0.39 is 5.82 Å². The van der Waals surface area contributed by atoms with E-state index in [4.69, 9.17) is 5.26 Å². The third kappa shape index (κ3) is 4.38. The minimum atomic E-state index is -0.479. The van der Waals surface area contributed by atoms with E-state index in [0.717, 1.165) is 36.8 Å². The van der Waals surface area contributed by atoms with Crippen molar-refractivity contribution in [3.63, 3.8) is 0 Å². The fraction of sp³-hybridized carbons (Fsp3) is 0.348. The van der Waals surface area contributed by atoms with Gasteiger partial charge >= 0.3 is 0 Å². The van der Waals surface area contributed by atoms with E-state index in [9.17, 15) is 8.78 Å². The van der Waals surface area contributed by atoms with E-state index in [0.29, 0.717) is 18.3 Å². The molecule has 0 radical (unpaired) electrons. The summed E-state index contributed by atoms with van der Waals surface area (Å²) in [5.41, 5.74) is 3.14. The molecule has 1 saturated carbocycles. The van der Waals surface area contributed by atoms with E-state index in [2.05, 4.69) is 18.2 Å². The van der Waals surface area contributed by atoms with E-state index in [1.165, 1.54) is 17.7 Å². The van der Waals surface area contributed by atoms with Gasteiger partial charge in [0, 0.05) is 0 Å². The lowest BCUT2D eigenvalue weighted by molar-refractivity contribution is 0.375. The Balaban J connectivity index is 1.64. The maximum absolute atomic E-state index is 13.8. The summed E-state index contributed by atoms with van der Waals surface area (Å²) in [6.45, 7) is -0.276. The monoisotopic (exact) mass is 351 g/mol. The lowest BCUT2D eigenvalue weighted by Gasteiger charge is -2.27. The zero-order valence-electron chi connectivity index (χ0n) is 14.8. The van der Waals surface area contributed by atoms with Crippen molar-refractivity contribution >= 4 is 0 Å². The van der Waals surface area contributed by atoms with Gasteiger partial charge in [-0.05, 0) is 72.8 Å². The summed E-state index contributed by atoms with van der Waals surface area (Å²) in [5, 5.41) is 8.83. The van der Waals surface area contributed by atoms with Crippen LogP contribution in [0.4, 0.5) is 8.78 Å². The molecule has 2 aromatic carbocycles. The molecule has 0 amide bonds. The van der Waals surface area contributed by atoms with E-state index >= 15 is 0 Å². The second-order valence-electron chi connectivity index (χ2n) is 6.95. The first-order valence-electron chi connectivity index (χ1n) is 9.24.